The van der Waals surface area contributed by atoms with Crippen molar-refractivity contribution in [3.63, 3.8) is 0 Å². The summed E-state index contributed by atoms with van der Waals surface area (Å²) in [5.74, 6) is 0. The van der Waals surface area contributed by atoms with Crippen LogP contribution in [-0.4, -0.2) is 31.2 Å². The maximum atomic E-state index is 10.1. The van der Waals surface area contributed by atoms with E-state index in [9.17, 15) is 4.79 Å². The normalized spacial score (nSPS) is 27.5. The largest absolute Gasteiger partial charge is 0.449 e. The van der Waals surface area contributed by atoms with Crippen LogP contribution < -0.4 is 0 Å². The van der Waals surface area contributed by atoms with Gasteiger partial charge >= 0.3 is 0 Å². The lowest BCUT2D eigenvalue weighted by atomic mass is 10.2. The fourth-order valence-electron chi connectivity index (χ4n) is 1.46. The van der Waals surface area contributed by atoms with E-state index in [-0.39, 0.29) is 6.23 Å². The minimum absolute atomic E-state index is 0.0231. The molecule has 0 radical (unpaired) electrons. The number of carbonyl (C=O) groups excluding carboxylic acids is 1. The lowest BCUT2D eigenvalue weighted by molar-refractivity contribution is -0.142. The maximum Gasteiger partial charge on any atom is 0.294 e. The van der Waals surface area contributed by atoms with Gasteiger partial charge in [0.15, 0.2) is 6.23 Å². The molecule has 0 spiro atoms. The van der Waals surface area contributed by atoms with Gasteiger partial charge in [-0.25, -0.2) is 0 Å². The molecular weight excluding hydrogens is 142 g/mol. The van der Waals surface area contributed by atoms with Crippen molar-refractivity contribution in [1.29, 1.82) is 0 Å². The molecule has 0 saturated carbocycles. The van der Waals surface area contributed by atoms with Gasteiger partial charge in [-0.2, -0.15) is 0 Å². The summed E-state index contributed by atoms with van der Waals surface area (Å²) in [6.45, 7) is 1.59. The Bertz CT molecular complexity index is 127. The van der Waals surface area contributed by atoms with Crippen LogP contribution >= 0.6 is 0 Å². The van der Waals surface area contributed by atoms with Gasteiger partial charge in [0, 0.05) is 6.54 Å². The van der Waals surface area contributed by atoms with Gasteiger partial charge in [-0.15, -0.1) is 0 Å². The van der Waals surface area contributed by atoms with Crippen LogP contribution in [0.5, 0.6) is 0 Å². The lowest BCUT2D eigenvalue weighted by Gasteiger charge is -2.22. The summed E-state index contributed by atoms with van der Waals surface area (Å²) in [4.78, 5) is 12.2. The van der Waals surface area contributed by atoms with E-state index < -0.39 is 0 Å². The van der Waals surface area contributed by atoms with Gasteiger partial charge in [0.05, 0.1) is 0 Å². The van der Waals surface area contributed by atoms with Gasteiger partial charge < -0.3 is 4.74 Å². The van der Waals surface area contributed by atoms with Gasteiger partial charge in [0.1, 0.15) is 0 Å². The van der Waals surface area contributed by atoms with Crippen molar-refractivity contribution in [2.45, 2.75) is 31.9 Å². The van der Waals surface area contributed by atoms with Crippen LogP contribution in [0.4, 0.5) is 0 Å². The summed E-state index contributed by atoms with van der Waals surface area (Å²) >= 11 is 0. The standard InChI is InChI=1S/C8H15NO2/c1-9-6-4-2-3-5-8(9)11-7-10/h7-8H,2-6H2,1H3. The van der Waals surface area contributed by atoms with Crippen molar-refractivity contribution < 1.29 is 9.53 Å². The molecule has 0 amide bonds. The molecular formula is C8H15NO2. The fraction of sp³-hybridized carbons (Fsp3) is 0.875. The molecule has 0 aliphatic carbocycles. The number of ether oxygens (including phenoxy) is 1. The SMILES string of the molecule is CN1CCCCCC1OC=O. The molecule has 0 bridgehead atoms. The van der Waals surface area contributed by atoms with Gasteiger partial charge in [-0.3, -0.25) is 9.69 Å². The molecule has 0 aromatic rings. The molecule has 1 aliphatic rings. The number of hydrogen-bond donors (Lipinski definition) is 0. The van der Waals surface area contributed by atoms with Crippen LogP contribution in [0.3, 0.4) is 0 Å². The van der Waals surface area contributed by atoms with E-state index in [2.05, 4.69) is 4.90 Å². The summed E-state index contributed by atoms with van der Waals surface area (Å²) in [5, 5.41) is 0. The third-order valence-corrected chi connectivity index (χ3v) is 2.17. The average Bonchev–Trinajstić information content (AvgIpc) is 2.18. The van der Waals surface area contributed by atoms with Gasteiger partial charge in [0.2, 0.25) is 0 Å². The van der Waals surface area contributed by atoms with Gasteiger partial charge in [-0.05, 0) is 26.3 Å². The highest BCUT2D eigenvalue weighted by atomic mass is 16.5. The Morgan fingerprint density at radius 2 is 2.27 bits per heavy atom. The van der Waals surface area contributed by atoms with Crippen LogP contribution in [-0.2, 0) is 9.53 Å². The van der Waals surface area contributed by atoms with Gasteiger partial charge in [0.25, 0.3) is 6.47 Å². The highest BCUT2D eigenvalue weighted by Crippen LogP contribution is 2.14. The Balaban J connectivity index is 2.38. The molecule has 64 valence electrons. The quantitative estimate of drug-likeness (QED) is 0.560. The third-order valence-electron chi connectivity index (χ3n) is 2.17. The van der Waals surface area contributed by atoms with Crippen LogP contribution in [0.2, 0.25) is 0 Å². The summed E-state index contributed by atoms with van der Waals surface area (Å²) in [5.41, 5.74) is 0. The van der Waals surface area contributed by atoms with E-state index in [1.165, 1.54) is 19.3 Å². The highest BCUT2D eigenvalue weighted by Gasteiger charge is 2.17. The molecule has 0 aromatic carbocycles. The van der Waals surface area contributed by atoms with E-state index in [4.69, 9.17) is 4.74 Å². The highest BCUT2D eigenvalue weighted by molar-refractivity contribution is 5.37. The summed E-state index contributed by atoms with van der Waals surface area (Å²) in [6.07, 6.45) is 4.64. The van der Waals surface area contributed by atoms with Crippen molar-refractivity contribution in [3.05, 3.63) is 0 Å². The second-order valence-electron chi connectivity index (χ2n) is 3.02. The summed E-state index contributed by atoms with van der Waals surface area (Å²) < 4.78 is 4.92. The second-order valence-corrected chi connectivity index (χ2v) is 3.02. The van der Waals surface area contributed by atoms with Crippen LogP contribution in [0.15, 0.2) is 0 Å². The van der Waals surface area contributed by atoms with E-state index in [1.54, 1.807) is 0 Å². The van der Waals surface area contributed by atoms with Crippen molar-refractivity contribution >= 4 is 6.47 Å². The third kappa shape index (κ3) is 2.50. The van der Waals surface area contributed by atoms with Crippen LogP contribution in [0, 0.1) is 0 Å². The van der Waals surface area contributed by atoms with E-state index in [1.807, 2.05) is 7.05 Å². The Kier molecular flexibility index (Phi) is 3.36. The Morgan fingerprint density at radius 3 is 3.00 bits per heavy atom. The zero-order valence-corrected chi connectivity index (χ0v) is 6.95. The number of carbonyl (C=O) groups is 1. The molecule has 1 aliphatic heterocycles. The van der Waals surface area contributed by atoms with E-state index >= 15 is 0 Å². The predicted octanol–water partition coefficient (Wildman–Crippen LogP) is 0.991. The van der Waals surface area contributed by atoms with Crippen LogP contribution in [0.1, 0.15) is 25.7 Å². The molecule has 1 atom stereocenters. The Labute approximate surface area is 67.3 Å². The number of rotatable bonds is 2. The average molecular weight is 157 g/mol. The van der Waals surface area contributed by atoms with Crippen molar-refractivity contribution in [3.8, 4) is 0 Å². The fourth-order valence-corrected chi connectivity index (χ4v) is 1.46. The summed E-state index contributed by atoms with van der Waals surface area (Å²) in [7, 11) is 2.00. The molecule has 3 nitrogen and oxygen atoms in total. The number of nitrogens with zero attached hydrogens (tertiary/aromatic N) is 1. The molecule has 11 heavy (non-hydrogen) atoms. The molecule has 1 unspecified atom stereocenters. The van der Waals surface area contributed by atoms with Crippen molar-refractivity contribution in [2.24, 2.45) is 0 Å². The first kappa shape index (κ1) is 8.53. The molecule has 3 heteroatoms. The van der Waals surface area contributed by atoms with Crippen molar-refractivity contribution in [2.75, 3.05) is 13.6 Å². The smallest absolute Gasteiger partial charge is 0.294 e. The number of hydrogen-bond acceptors (Lipinski definition) is 3. The van der Waals surface area contributed by atoms with Gasteiger partial charge in [-0.1, -0.05) is 6.42 Å². The molecule has 0 aromatic heterocycles. The zero-order valence-electron chi connectivity index (χ0n) is 6.95. The predicted molar refractivity (Wildman–Crippen MR) is 42.0 cm³/mol. The molecule has 1 rings (SSSR count). The molecule has 1 saturated heterocycles. The Morgan fingerprint density at radius 1 is 1.45 bits per heavy atom. The minimum Gasteiger partial charge on any atom is -0.449 e. The van der Waals surface area contributed by atoms with Crippen LogP contribution in [0.25, 0.3) is 0 Å². The minimum atomic E-state index is 0.0231. The zero-order chi connectivity index (χ0) is 8.10. The first-order valence-corrected chi connectivity index (χ1v) is 4.14. The molecule has 1 fully saturated rings. The lowest BCUT2D eigenvalue weighted by Crippen LogP contribution is -2.32. The van der Waals surface area contributed by atoms with E-state index in [0.29, 0.717) is 6.47 Å². The van der Waals surface area contributed by atoms with Crippen molar-refractivity contribution in [1.82, 2.24) is 4.90 Å². The monoisotopic (exact) mass is 157 g/mol. The first-order chi connectivity index (χ1) is 5.34. The molecule has 1 heterocycles. The topological polar surface area (TPSA) is 29.5 Å². The molecule has 0 N–H and O–H groups in total. The Hall–Kier alpha value is -0.570. The van der Waals surface area contributed by atoms with E-state index in [0.717, 1.165) is 13.0 Å². The maximum absolute atomic E-state index is 10.1. The number of likely N-dealkylation sites (tertiary alicyclic amines) is 1. The first-order valence-electron chi connectivity index (χ1n) is 4.14. The second kappa shape index (κ2) is 4.34. The summed E-state index contributed by atoms with van der Waals surface area (Å²) in [6, 6.07) is 0.